The van der Waals surface area contributed by atoms with Crippen LogP contribution in [0.1, 0.15) is 22.0 Å². The molecule has 1 atom stereocenters. The number of amides is 1. The molecule has 1 saturated heterocycles. The maximum absolute atomic E-state index is 12.8. The molecular formula is C19H24N2O4S. The predicted molar refractivity (Wildman–Crippen MR) is 101 cm³/mol. The number of benzene rings is 1. The van der Waals surface area contributed by atoms with Crippen LogP contribution in [-0.2, 0) is 4.74 Å². The number of ether oxygens (including phenoxy) is 3. The van der Waals surface area contributed by atoms with Gasteiger partial charge < -0.3 is 19.5 Å². The molecule has 140 valence electrons. The average Bonchev–Trinajstić information content (AvgIpc) is 3.22. The van der Waals surface area contributed by atoms with E-state index in [2.05, 4.69) is 27.0 Å². The minimum atomic E-state index is -0.172. The van der Waals surface area contributed by atoms with Crippen LogP contribution in [0.2, 0.25) is 0 Å². The fraction of sp³-hybridized carbons (Fsp3) is 0.421. The van der Waals surface area contributed by atoms with Crippen LogP contribution in [0.25, 0.3) is 0 Å². The lowest BCUT2D eigenvalue weighted by Crippen LogP contribution is -2.43. The molecule has 1 amide bonds. The van der Waals surface area contributed by atoms with E-state index >= 15 is 0 Å². The van der Waals surface area contributed by atoms with Gasteiger partial charge in [0.1, 0.15) is 0 Å². The van der Waals surface area contributed by atoms with Crippen molar-refractivity contribution in [2.75, 3.05) is 47.1 Å². The molecule has 1 aromatic carbocycles. The SMILES string of the molecule is COc1cccc(C(=O)NCC(c2ccsc2)N2CCOCC2)c1OC. The molecule has 2 heterocycles. The van der Waals surface area contributed by atoms with Crippen LogP contribution in [0.4, 0.5) is 0 Å². The topological polar surface area (TPSA) is 60.0 Å². The van der Waals surface area contributed by atoms with Crippen LogP contribution in [-0.4, -0.2) is 57.9 Å². The van der Waals surface area contributed by atoms with E-state index < -0.39 is 0 Å². The zero-order chi connectivity index (χ0) is 18.4. The third-order valence-electron chi connectivity index (χ3n) is 4.52. The molecule has 0 aliphatic carbocycles. The van der Waals surface area contributed by atoms with Crippen molar-refractivity contribution in [3.8, 4) is 11.5 Å². The van der Waals surface area contributed by atoms with Crippen LogP contribution < -0.4 is 14.8 Å². The van der Waals surface area contributed by atoms with Gasteiger partial charge in [0, 0.05) is 19.6 Å². The summed E-state index contributed by atoms with van der Waals surface area (Å²) in [5, 5.41) is 7.26. The van der Waals surface area contributed by atoms with E-state index in [4.69, 9.17) is 14.2 Å². The lowest BCUT2D eigenvalue weighted by atomic mass is 10.1. The smallest absolute Gasteiger partial charge is 0.255 e. The molecule has 3 rings (SSSR count). The van der Waals surface area contributed by atoms with Crippen molar-refractivity contribution in [1.82, 2.24) is 10.2 Å². The Morgan fingerprint density at radius 3 is 2.73 bits per heavy atom. The first-order valence-corrected chi connectivity index (χ1v) is 9.52. The van der Waals surface area contributed by atoms with E-state index in [-0.39, 0.29) is 11.9 Å². The maximum atomic E-state index is 12.8. The number of nitrogens with one attached hydrogen (secondary N) is 1. The first-order valence-electron chi connectivity index (χ1n) is 8.57. The molecule has 0 radical (unpaired) electrons. The summed E-state index contributed by atoms with van der Waals surface area (Å²) in [7, 11) is 3.10. The van der Waals surface area contributed by atoms with E-state index in [1.54, 1.807) is 36.6 Å². The molecule has 1 aliphatic rings. The quantitative estimate of drug-likeness (QED) is 0.805. The Labute approximate surface area is 157 Å². The summed E-state index contributed by atoms with van der Waals surface area (Å²) in [5.41, 5.74) is 1.69. The molecule has 1 aromatic heterocycles. The highest BCUT2D eigenvalue weighted by Crippen LogP contribution is 2.31. The van der Waals surface area contributed by atoms with E-state index in [1.807, 2.05) is 0 Å². The number of carbonyl (C=O) groups excluding carboxylic acids is 1. The van der Waals surface area contributed by atoms with Gasteiger partial charge in [-0.3, -0.25) is 9.69 Å². The number of hydrogen-bond donors (Lipinski definition) is 1. The largest absolute Gasteiger partial charge is 0.493 e. The summed E-state index contributed by atoms with van der Waals surface area (Å²) in [5.74, 6) is 0.822. The molecule has 1 N–H and O–H groups in total. The molecule has 0 spiro atoms. The maximum Gasteiger partial charge on any atom is 0.255 e. The Morgan fingerprint density at radius 1 is 1.27 bits per heavy atom. The lowest BCUT2D eigenvalue weighted by molar-refractivity contribution is 0.0163. The van der Waals surface area contributed by atoms with Crippen LogP contribution >= 0.6 is 11.3 Å². The van der Waals surface area contributed by atoms with Crippen LogP contribution in [0.5, 0.6) is 11.5 Å². The molecule has 0 saturated carbocycles. The molecule has 7 heteroatoms. The second kappa shape index (κ2) is 9.02. The van der Waals surface area contributed by atoms with Gasteiger partial charge in [0.05, 0.1) is 39.0 Å². The normalized spacial score (nSPS) is 16.1. The Bertz CT molecular complexity index is 714. The minimum absolute atomic E-state index is 0.130. The van der Waals surface area contributed by atoms with Gasteiger partial charge in [-0.1, -0.05) is 6.07 Å². The third-order valence-corrected chi connectivity index (χ3v) is 5.22. The number of nitrogens with zero attached hydrogens (tertiary/aromatic N) is 1. The molecule has 2 aromatic rings. The molecule has 6 nitrogen and oxygen atoms in total. The van der Waals surface area contributed by atoms with E-state index in [9.17, 15) is 4.79 Å². The summed E-state index contributed by atoms with van der Waals surface area (Å²) < 4.78 is 16.1. The zero-order valence-electron chi connectivity index (χ0n) is 15.1. The lowest BCUT2D eigenvalue weighted by Gasteiger charge is -2.34. The predicted octanol–water partition coefficient (Wildman–Crippen LogP) is 2.57. The summed E-state index contributed by atoms with van der Waals surface area (Å²) in [4.78, 5) is 15.1. The van der Waals surface area contributed by atoms with Gasteiger partial charge in [0.15, 0.2) is 11.5 Å². The first kappa shape index (κ1) is 18.7. The number of para-hydroxylation sites is 1. The number of thiophene rings is 1. The Hall–Kier alpha value is -2.09. The van der Waals surface area contributed by atoms with Crippen molar-refractivity contribution in [1.29, 1.82) is 0 Å². The minimum Gasteiger partial charge on any atom is -0.493 e. The summed E-state index contributed by atoms with van der Waals surface area (Å²) >= 11 is 1.67. The van der Waals surface area contributed by atoms with Crippen molar-refractivity contribution >= 4 is 17.2 Å². The van der Waals surface area contributed by atoms with E-state index in [1.165, 1.54) is 12.7 Å². The van der Waals surface area contributed by atoms with Gasteiger partial charge in [0.2, 0.25) is 0 Å². The second-order valence-electron chi connectivity index (χ2n) is 5.97. The van der Waals surface area contributed by atoms with Crippen LogP contribution in [0, 0.1) is 0 Å². The number of methoxy groups -OCH3 is 2. The summed E-state index contributed by atoms with van der Waals surface area (Å²) in [6.07, 6.45) is 0. The molecule has 1 unspecified atom stereocenters. The highest BCUT2D eigenvalue weighted by molar-refractivity contribution is 7.07. The molecule has 1 fully saturated rings. The van der Waals surface area contributed by atoms with Crippen LogP contribution in [0.3, 0.4) is 0 Å². The number of rotatable bonds is 7. The molecule has 0 bridgehead atoms. The van der Waals surface area contributed by atoms with Gasteiger partial charge in [0.25, 0.3) is 5.91 Å². The van der Waals surface area contributed by atoms with Gasteiger partial charge in [-0.15, -0.1) is 0 Å². The highest BCUT2D eigenvalue weighted by atomic mass is 32.1. The van der Waals surface area contributed by atoms with Crippen molar-refractivity contribution in [2.24, 2.45) is 0 Å². The second-order valence-corrected chi connectivity index (χ2v) is 6.75. The Morgan fingerprint density at radius 2 is 2.08 bits per heavy atom. The standard InChI is InChI=1S/C19H24N2O4S/c1-23-17-5-3-4-15(18(17)24-2)19(22)20-12-16(14-6-11-26-13-14)21-7-9-25-10-8-21/h3-6,11,13,16H,7-10,12H2,1-2H3,(H,20,22). The van der Waals surface area contributed by atoms with E-state index in [0.29, 0.717) is 23.6 Å². The zero-order valence-corrected chi connectivity index (χ0v) is 15.9. The van der Waals surface area contributed by atoms with Gasteiger partial charge >= 0.3 is 0 Å². The third kappa shape index (κ3) is 4.17. The van der Waals surface area contributed by atoms with Crippen molar-refractivity contribution in [3.05, 3.63) is 46.2 Å². The molecule has 1 aliphatic heterocycles. The summed E-state index contributed by atoms with van der Waals surface area (Å²) in [6.45, 7) is 3.68. The Kier molecular flexibility index (Phi) is 6.49. The number of morpholine rings is 1. The molecule has 26 heavy (non-hydrogen) atoms. The Balaban J connectivity index is 1.74. The summed E-state index contributed by atoms with van der Waals surface area (Å²) in [6, 6.07) is 7.55. The van der Waals surface area contributed by atoms with Gasteiger partial charge in [-0.25, -0.2) is 0 Å². The molecular weight excluding hydrogens is 352 g/mol. The van der Waals surface area contributed by atoms with E-state index in [0.717, 1.165) is 26.3 Å². The monoisotopic (exact) mass is 376 g/mol. The number of carbonyl (C=O) groups is 1. The number of hydrogen-bond acceptors (Lipinski definition) is 6. The van der Waals surface area contributed by atoms with Crippen molar-refractivity contribution in [2.45, 2.75) is 6.04 Å². The van der Waals surface area contributed by atoms with Gasteiger partial charge in [-0.05, 0) is 34.5 Å². The fourth-order valence-corrected chi connectivity index (χ4v) is 3.87. The van der Waals surface area contributed by atoms with Crippen molar-refractivity contribution < 1.29 is 19.0 Å². The fourth-order valence-electron chi connectivity index (χ4n) is 3.16. The van der Waals surface area contributed by atoms with Gasteiger partial charge in [-0.2, -0.15) is 11.3 Å². The van der Waals surface area contributed by atoms with Crippen LogP contribution in [0.15, 0.2) is 35.0 Å². The van der Waals surface area contributed by atoms with Crippen molar-refractivity contribution in [3.63, 3.8) is 0 Å². The highest BCUT2D eigenvalue weighted by Gasteiger charge is 2.24. The average molecular weight is 376 g/mol. The first-order chi connectivity index (χ1) is 12.7.